The number of thiocarbonyl (C=S) groups is 1. The fourth-order valence-electron chi connectivity index (χ4n) is 1.47. The fourth-order valence-corrected chi connectivity index (χ4v) is 1.70. The molecule has 15 heavy (non-hydrogen) atoms. The van der Waals surface area contributed by atoms with E-state index in [1.807, 2.05) is 30.4 Å². The van der Waals surface area contributed by atoms with Gasteiger partial charge >= 0.3 is 0 Å². The highest BCUT2D eigenvalue weighted by atomic mass is 32.1. The first kappa shape index (κ1) is 10.0. The molecular formula is C12H12N2S. The van der Waals surface area contributed by atoms with Gasteiger partial charge in [0.25, 0.3) is 0 Å². The minimum atomic E-state index is 0.216. The summed E-state index contributed by atoms with van der Waals surface area (Å²) < 4.78 is 0. The van der Waals surface area contributed by atoms with Gasteiger partial charge in [0.15, 0.2) is 5.11 Å². The maximum absolute atomic E-state index is 5.02. The molecule has 0 radical (unpaired) electrons. The average Bonchev–Trinajstić information content (AvgIpc) is 2.69. The van der Waals surface area contributed by atoms with E-state index in [0.29, 0.717) is 5.11 Å². The van der Waals surface area contributed by atoms with E-state index in [4.69, 9.17) is 12.2 Å². The molecule has 2 N–H and O–H groups in total. The molecule has 0 amide bonds. The molecule has 1 fully saturated rings. The molecule has 0 aromatic heterocycles. The van der Waals surface area contributed by atoms with Crippen LogP contribution in [-0.2, 0) is 0 Å². The highest BCUT2D eigenvalue weighted by Crippen LogP contribution is 2.06. The zero-order valence-corrected chi connectivity index (χ0v) is 9.10. The van der Waals surface area contributed by atoms with E-state index in [1.54, 1.807) is 0 Å². The lowest BCUT2D eigenvalue weighted by atomic mass is 10.1. The molecule has 0 spiro atoms. The van der Waals surface area contributed by atoms with Crippen molar-refractivity contribution in [2.45, 2.75) is 12.5 Å². The highest BCUT2D eigenvalue weighted by molar-refractivity contribution is 7.80. The number of allylic oxidation sites excluding steroid dienone is 5. The van der Waals surface area contributed by atoms with E-state index >= 15 is 0 Å². The Morgan fingerprint density at radius 2 is 2.27 bits per heavy atom. The van der Waals surface area contributed by atoms with E-state index in [0.717, 1.165) is 18.5 Å². The van der Waals surface area contributed by atoms with Crippen LogP contribution in [0.5, 0.6) is 0 Å². The Kier molecular flexibility index (Phi) is 3.21. The summed E-state index contributed by atoms with van der Waals surface area (Å²) in [5.41, 5.74) is 1.09. The van der Waals surface area contributed by atoms with Gasteiger partial charge in [-0.2, -0.15) is 0 Å². The molecule has 2 rings (SSSR count). The van der Waals surface area contributed by atoms with Gasteiger partial charge in [-0.15, -0.1) is 0 Å². The Bertz CT molecular complexity index is 407. The third-order valence-electron chi connectivity index (χ3n) is 2.23. The lowest BCUT2D eigenvalue weighted by Crippen LogP contribution is -2.27. The number of hydrogen-bond donors (Lipinski definition) is 2. The predicted molar refractivity (Wildman–Crippen MR) is 66.3 cm³/mol. The molecule has 0 aromatic carbocycles. The van der Waals surface area contributed by atoms with Gasteiger partial charge in [0.05, 0.1) is 6.04 Å². The van der Waals surface area contributed by atoms with Crippen molar-refractivity contribution >= 4 is 17.3 Å². The Morgan fingerprint density at radius 1 is 1.33 bits per heavy atom. The summed E-state index contributed by atoms with van der Waals surface area (Å²) in [6, 6.07) is 0.216. The van der Waals surface area contributed by atoms with Gasteiger partial charge < -0.3 is 10.6 Å². The van der Waals surface area contributed by atoms with Gasteiger partial charge in [-0.05, 0) is 18.3 Å². The van der Waals surface area contributed by atoms with Gasteiger partial charge in [-0.3, -0.25) is 0 Å². The van der Waals surface area contributed by atoms with Crippen molar-refractivity contribution in [1.29, 1.82) is 0 Å². The van der Waals surface area contributed by atoms with Crippen LogP contribution >= 0.6 is 12.2 Å². The Balaban J connectivity index is 2.16. The number of rotatable bonds is 1. The Hall–Kier alpha value is -1.53. The number of hydrogen-bond acceptors (Lipinski definition) is 1. The van der Waals surface area contributed by atoms with Crippen LogP contribution in [0.15, 0.2) is 36.0 Å². The van der Waals surface area contributed by atoms with Crippen molar-refractivity contribution in [3.8, 4) is 11.8 Å². The van der Waals surface area contributed by atoms with Crippen LogP contribution in [0.1, 0.15) is 6.42 Å². The minimum Gasteiger partial charge on any atom is -0.360 e. The predicted octanol–water partition coefficient (Wildman–Crippen LogP) is 1.28. The molecule has 1 aliphatic heterocycles. The van der Waals surface area contributed by atoms with Crippen LogP contribution in [0.4, 0.5) is 0 Å². The summed E-state index contributed by atoms with van der Waals surface area (Å²) in [6.45, 7) is 0.820. The van der Waals surface area contributed by atoms with E-state index in [1.165, 1.54) is 0 Å². The zero-order valence-electron chi connectivity index (χ0n) is 8.29. The van der Waals surface area contributed by atoms with Crippen LogP contribution in [0, 0.1) is 11.8 Å². The maximum Gasteiger partial charge on any atom is 0.166 e. The topological polar surface area (TPSA) is 24.1 Å². The molecule has 76 valence electrons. The molecule has 1 heterocycles. The Morgan fingerprint density at radius 3 is 3.07 bits per heavy atom. The molecular weight excluding hydrogens is 204 g/mol. The first-order chi connectivity index (χ1) is 7.36. The summed E-state index contributed by atoms with van der Waals surface area (Å²) in [7, 11) is 0. The average molecular weight is 216 g/mol. The van der Waals surface area contributed by atoms with E-state index in [-0.39, 0.29) is 6.04 Å². The molecule has 3 heteroatoms. The van der Waals surface area contributed by atoms with Crippen molar-refractivity contribution in [2.24, 2.45) is 0 Å². The van der Waals surface area contributed by atoms with Crippen LogP contribution in [-0.4, -0.2) is 17.7 Å². The second kappa shape index (κ2) is 4.81. The normalized spacial score (nSPS) is 31.6. The molecule has 1 aliphatic carbocycles. The number of nitrogens with one attached hydrogen (secondary N) is 2. The van der Waals surface area contributed by atoms with Gasteiger partial charge in [-0.1, -0.05) is 36.1 Å². The van der Waals surface area contributed by atoms with Crippen LogP contribution in [0.2, 0.25) is 0 Å². The van der Waals surface area contributed by atoms with Crippen LogP contribution in [0.25, 0.3) is 0 Å². The lowest BCUT2D eigenvalue weighted by Gasteiger charge is -2.07. The molecule has 0 aromatic rings. The van der Waals surface area contributed by atoms with Crippen molar-refractivity contribution < 1.29 is 0 Å². The summed E-state index contributed by atoms with van der Waals surface area (Å²) in [4.78, 5) is 0. The summed E-state index contributed by atoms with van der Waals surface area (Å²) >= 11 is 5.02. The third-order valence-corrected chi connectivity index (χ3v) is 2.50. The summed E-state index contributed by atoms with van der Waals surface area (Å²) in [6.07, 6.45) is 10.9. The highest BCUT2D eigenvalue weighted by Gasteiger charge is 2.19. The van der Waals surface area contributed by atoms with E-state index < -0.39 is 0 Å². The second-order valence-corrected chi connectivity index (χ2v) is 3.76. The quantitative estimate of drug-likeness (QED) is 0.510. The Labute approximate surface area is 95.1 Å². The van der Waals surface area contributed by atoms with Crippen LogP contribution in [0.3, 0.4) is 0 Å². The molecule has 1 saturated heterocycles. The van der Waals surface area contributed by atoms with Crippen LogP contribution < -0.4 is 10.6 Å². The van der Waals surface area contributed by atoms with Gasteiger partial charge in [-0.25, -0.2) is 0 Å². The van der Waals surface area contributed by atoms with Gasteiger partial charge in [0, 0.05) is 18.5 Å². The maximum atomic E-state index is 5.02. The van der Waals surface area contributed by atoms with E-state index in [9.17, 15) is 0 Å². The zero-order chi connectivity index (χ0) is 10.5. The molecule has 0 bridgehead atoms. The second-order valence-electron chi connectivity index (χ2n) is 3.35. The first-order valence-electron chi connectivity index (χ1n) is 4.93. The van der Waals surface area contributed by atoms with Gasteiger partial charge in [0.2, 0.25) is 0 Å². The minimum absolute atomic E-state index is 0.216. The molecule has 1 atom stereocenters. The lowest BCUT2D eigenvalue weighted by molar-refractivity contribution is 0.769. The molecule has 0 saturated carbocycles. The fraction of sp³-hybridized carbons (Fsp3) is 0.250. The first-order valence-corrected chi connectivity index (χ1v) is 5.34. The van der Waals surface area contributed by atoms with Gasteiger partial charge in [0.1, 0.15) is 0 Å². The summed E-state index contributed by atoms with van der Waals surface area (Å²) in [5, 5.41) is 6.99. The largest absolute Gasteiger partial charge is 0.360 e. The SMILES string of the molecule is S=C1NCC(/C2=C/C=C/C=C\CC#C2)N1. The van der Waals surface area contributed by atoms with Crippen molar-refractivity contribution in [1.82, 2.24) is 10.6 Å². The smallest absolute Gasteiger partial charge is 0.166 e. The monoisotopic (exact) mass is 216 g/mol. The molecule has 1 unspecified atom stereocenters. The molecule has 2 aliphatic rings. The summed E-state index contributed by atoms with van der Waals surface area (Å²) in [5.74, 6) is 6.28. The van der Waals surface area contributed by atoms with Crippen molar-refractivity contribution in [2.75, 3.05) is 6.54 Å². The van der Waals surface area contributed by atoms with Crippen molar-refractivity contribution in [3.63, 3.8) is 0 Å². The third kappa shape index (κ3) is 2.71. The van der Waals surface area contributed by atoms with Crippen molar-refractivity contribution in [3.05, 3.63) is 36.0 Å². The molecule has 2 nitrogen and oxygen atoms in total. The van der Waals surface area contributed by atoms with E-state index in [2.05, 4.69) is 22.5 Å². The standard InChI is InChI=1S/C12H12N2S/c15-12-13-9-11(14-12)10-7-5-3-1-2-4-6-8-10/h1-3,5,7,11H,4,9H2,(H2,13,14,15)/b2-1-,5-3+,10-7+.